The average Bonchev–Trinajstić information content (AvgIpc) is 2.63. The number of hydrazone groups is 1. The summed E-state index contributed by atoms with van der Waals surface area (Å²) < 4.78 is 0. The van der Waals surface area contributed by atoms with Crippen LogP contribution in [0.3, 0.4) is 0 Å². The molecule has 0 aliphatic rings. The first-order chi connectivity index (χ1) is 11.8. The molecule has 0 saturated heterocycles. The number of benzene rings is 2. The molecule has 0 spiro atoms. The number of phenols is 1. The van der Waals surface area contributed by atoms with Crippen molar-refractivity contribution >= 4 is 33.7 Å². The van der Waals surface area contributed by atoms with Crippen molar-refractivity contribution in [3.63, 3.8) is 0 Å². The van der Waals surface area contributed by atoms with Gasteiger partial charge in [-0.1, -0.05) is 36.4 Å². The van der Waals surface area contributed by atoms with Crippen LogP contribution in [0.15, 0.2) is 72.0 Å². The minimum Gasteiger partial charge on any atom is -0.506 e. The Bertz CT molecular complexity index is 1050. The number of hydrogen-bond acceptors (Lipinski definition) is 5. The first-order valence-corrected chi connectivity index (χ1v) is 7.53. The average molecular weight is 314 g/mol. The van der Waals surface area contributed by atoms with Crippen LogP contribution in [0.25, 0.3) is 21.8 Å². The van der Waals surface area contributed by atoms with Crippen LogP contribution in [0.1, 0.15) is 5.69 Å². The second-order valence-electron chi connectivity index (χ2n) is 5.34. The molecule has 0 saturated carbocycles. The normalized spacial score (nSPS) is 11.3. The Balaban J connectivity index is 1.62. The van der Waals surface area contributed by atoms with E-state index < -0.39 is 0 Å². The van der Waals surface area contributed by atoms with Crippen LogP contribution in [0.4, 0.5) is 5.69 Å². The van der Waals surface area contributed by atoms with E-state index in [4.69, 9.17) is 0 Å². The van der Waals surface area contributed by atoms with Gasteiger partial charge in [0.2, 0.25) is 0 Å². The molecular weight excluding hydrogens is 300 g/mol. The van der Waals surface area contributed by atoms with Crippen LogP contribution < -0.4 is 5.43 Å². The third kappa shape index (κ3) is 2.63. The van der Waals surface area contributed by atoms with E-state index in [0.29, 0.717) is 11.2 Å². The summed E-state index contributed by atoms with van der Waals surface area (Å²) in [7, 11) is 0. The summed E-state index contributed by atoms with van der Waals surface area (Å²) in [5, 5.41) is 16.1. The summed E-state index contributed by atoms with van der Waals surface area (Å²) in [6.45, 7) is 0. The van der Waals surface area contributed by atoms with Crippen LogP contribution in [0, 0.1) is 0 Å². The summed E-state index contributed by atoms with van der Waals surface area (Å²) in [5.74, 6) is 0.161. The number of pyridine rings is 2. The van der Waals surface area contributed by atoms with Gasteiger partial charge in [0.15, 0.2) is 0 Å². The van der Waals surface area contributed by atoms with E-state index in [1.807, 2.05) is 48.5 Å². The van der Waals surface area contributed by atoms with Crippen molar-refractivity contribution in [3.8, 4) is 5.75 Å². The van der Waals surface area contributed by atoms with Crippen molar-refractivity contribution in [2.45, 2.75) is 0 Å². The Morgan fingerprint density at radius 3 is 2.58 bits per heavy atom. The fourth-order valence-electron chi connectivity index (χ4n) is 2.58. The van der Waals surface area contributed by atoms with Crippen LogP contribution in [0.5, 0.6) is 5.75 Å². The van der Waals surface area contributed by atoms with Gasteiger partial charge in [-0.25, -0.2) is 4.98 Å². The van der Waals surface area contributed by atoms with Gasteiger partial charge in [-0.05, 0) is 24.3 Å². The SMILES string of the molecule is Oc1cccc2ccc(C=NNc3cccc4cccnc34)nc12. The third-order valence-electron chi connectivity index (χ3n) is 3.74. The zero-order chi connectivity index (χ0) is 16.4. The highest BCUT2D eigenvalue weighted by atomic mass is 16.3. The van der Waals surface area contributed by atoms with Crippen LogP contribution >= 0.6 is 0 Å². The molecular formula is C19H14N4O. The number of aromatic nitrogens is 2. The van der Waals surface area contributed by atoms with E-state index in [2.05, 4.69) is 20.5 Å². The number of anilines is 1. The molecule has 0 aliphatic heterocycles. The zero-order valence-electron chi connectivity index (χ0n) is 12.7. The largest absolute Gasteiger partial charge is 0.506 e. The van der Waals surface area contributed by atoms with Crippen molar-refractivity contribution in [2.24, 2.45) is 5.10 Å². The molecule has 0 bridgehead atoms. The number of phenolic OH excluding ortho intramolecular Hbond substituents is 1. The van der Waals surface area contributed by atoms with E-state index in [-0.39, 0.29) is 5.75 Å². The molecule has 116 valence electrons. The first kappa shape index (κ1) is 14.1. The maximum absolute atomic E-state index is 9.89. The fraction of sp³-hybridized carbons (Fsp3) is 0. The van der Waals surface area contributed by atoms with Crippen LogP contribution in [-0.4, -0.2) is 21.3 Å². The molecule has 5 nitrogen and oxygen atoms in total. The molecule has 24 heavy (non-hydrogen) atoms. The minimum atomic E-state index is 0.161. The predicted molar refractivity (Wildman–Crippen MR) is 96.4 cm³/mol. The van der Waals surface area contributed by atoms with Gasteiger partial charge in [0.05, 0.1) is 23.1 Å². The van der Waals surface area contributed by atoms with Gasteiger partial charge in [0.1, 0.15) is 11.3 Å². The number of hydrogen-bond donors (Lipinski definition) is 2. The van der Waals surface area contributed by atoms with Crippen molar-refractivity contribution in [2.75, 3.05) is 5.43 Å². The van der Waals surface area contributed by atoms with Gasteiger partial charge in [-0.3, -0.25) is 10.4 Å². The molecule has 4 aromatic rings. The van der Waals surface area contributed by atoms with Gasteiger partial charge in [-0.15, -0.1) is 0 Å². The Morgan fingerprint density at radius 1 is 0.875 bits per heavy atom. The highest BCUT2D eigenvalue weighted by Crippen LogP contribution is 2.22. The topological polar surface area (TPSA) is 70.4 Å². The quantitative estimate of drug-likeness (QED) is 0.444. The monoisotopic (exact) mass is 314 g/mol. The summed E-state index contributed by atoms with van der Waals surface area (Å²) in [6.07, 6.45) is 3.37. The molecule has 0 atom stereocenters. The van der Waals surface area contributed by atoms with Crippen LogP contribution in [0.2, 0.25) is 0 Å². The van der Waals surface area contributed by atoms with Crippen molar-refractivity contribution in [3.05, 3.63) is 72.6 Å². The molecule has 4 rings (SSSR count). The number of aromatic hydroxyl groups is 1. The number of fused-ring (bicyclic) bond motifs is 2. The Kier molecular flexibility index (Phi) is 3.51. The molecule has 0 amide bonds. The molecule has 2 aromatic heterocycles. The lowest BCUT2D eigenvalue weighted by Crippen LogP contribution is -1.95. The lowest BCUT2D eigenvalue weighted by molar-refractivity contribution is 0.480. The van der Waals surface area contributed by atoms with Gasteiger partial charge < -0.3 is 5.11 Å². The first-order valence-electron chi connectivity index (χ1n) is 7.53. The molecule has 5 heteroatoms. The van der Waals surface area contributed by atoms with Crippen LogP contribution in [-0.2, 0) is 0 Å². The van der Waals surface area contributed by atoms with Crippen molar-refractivity contribution < 1.29 is 5.11 Å². The Morgan fingerprint density at radius 2 is 1.67 bits per heavy atom. The molecule has 2 heterocycles. The van der Waals surface area contributed by atoms with Crippen molar-refractivity contribution in [1.82, 2.24) is 9.97 Å². The Labute approximate surface area is 138 Å². The summed E-state index contributed by atoms with van der Waals surface area (Å²) in [6, 6.07) is 18.9. The Hall–Kier alpha value is -3.47. The predicted octanol–water partition coefficient (Wildman–Crippen LogP) is 3.93. The second-order valence-corrected chi connectivity index (χ2v) is 5.34. The van der Waals surface area contributed by atoms with E-state index in [1.54, 1.807) is 24.5 Å². The van der Waals surface area contributed by atoms with E-state index in [0.717, 1.165) is 22.0 Å². The number of rotatable bonds is 3. The minimum absolute atomic E-state index is 0.161. The zero-order valence-corrected chi connectivity index (χ0v) is 12.7. The molecule has 0 radical (unpaired) electrons. The lowest BCUT2D eigenvalue weighted by Gasteiger charge is -2.04. The van der Waals surface area contributed by atoms with Gasteiger partial charge in [-0.2, -0.15) is 5.10 Å². The lowest BCUT2D eigenvalue weighted by atomic mass is 10.2. The summed E-state index contributed by atoms with van der Waals surface area (Å²) >= 11 is 0. The number of nitrogens with one attached hydrogen (secondary N) is 1. The fourth-order valence-corrected chi connectivity index (χ4v) is 2.58. The maximum Gasteiger partial charge on any atom is 0.141 e. The maximum atomic E-state index is 9.89. The molecule has 2 N–H and O–H groups in total. The van der Waals surface area contributed by atoms with Crippen molar-refractivity contribution in [1.29, 1.82) is 0 Å². The van der Waals surface area contributed by atoms with E-state index in [9.17, 15) is 5.11 Å². The number of nitrogens with zero attached hydrogens (tertiary/aromatic N) is 3. The second kappa shape index (κ2) is 5.96. The smallest absolute Gasteiger partial charge is 0.141 e. The summed E-state index contributed by atoms with van der Waals surface area (Å²) in [4.78, 5) is 8.79. The highest BCUT2D eigenvalue weighted by Gasteiger charge is 2.02. The third-order valence-corrected chi connectivity index (χ3v) is 3.74. The molecule has 2 aromatic carbocycles. The van der Waals surface area contributed by atoms with Gasteiger partial charge >= 0.3 is 0 Å². The highest BCUT2D eigenvalue weighted by molar-refractivity contribution is 5.91. The molecule has 0 fully saturated rings. The van der Waals surface area contributed by atoms with Gasteiger partial charge in [0.25, 0.3) is 0 Å². The standard InChI is InChI=1S/C19H14N4O/c24-17-8-2-5-14-9-10-15(22-19(14)17)12-21-23-16-7-1-4-13-6-3-11-20-18(13)16/h1-12,23-24H. The molecule has 0 aliphatic carbocycles. The number of para-hydroxylation sites is 2. The van der Waals surface area contributed by atoms with E-state index in [1.165, 1.54) is 0 Å². The van der Waals surface area contributed by atoms with Gasteiger partial charge in [0, 0.05) is 17.0 Å². The van der Waals surface area contributed by atoms with E-state index >= 15 is 0 Å². The summed E-state index contributed by atoms with van der Waals surface area (Å²) in [5.41, 5.74) is 5.91. The molecule has 0 unspecified atom stereocenters.